The highest BCUT2D eigenvalue weighted by atomic mass is 32.1. The molecule has 25 heavy (non-hydrogen) atoms. The van der Waals surface area contributed by atoms with E-state index in [0.29, 0.717) is 0 Å². The van der Waals surface area contributed by atoms with Crippen LogP contribution in [0.3, 0.4) is 0 Å². The van der Waals surface area contributed by atoms with Crippen LogP contribution < -0.4 is 0 Å². The first kappa shape index (κ1) is 16.8. The number of thiophene rings is 1. The maximum absolute atomic E-state index is 13.0. The number of nitrogens with zero attached hydrogens (tertiary/aromatic N) is 2. The summed E-state index contributed by atoms with van der Waals surface area (Å²) in [5, 5.41) is 2.10. The molecule has 3 heterocycles. The number of rotatable bonds is 4. The summed E-state index contributed by atoms with van der Waals surface area (Å²) in [5.41, 5.74) is 2.14. The van der Waals surface area contributed by atoms with E-state index in [1.807, 2.05) is 12.1 Å². The molecule has 2 aliphatic rings. The lowest BCUT2D eigenvalue weighted by atomic mass is 10.1. The number of benzene rings is 1. The van der Waals surface area contributed by atoms with Crippen molar-refractivity contribution in [3.05, 3.63) is 57.8 Å². The van der Waals surface area contributed by atoms with Gasteiger partial charge in [-0.25, -0.2) is 0 Å². The van der Waals surface area contributed by atoms with Crippen LogP contribution in [0.2, 0.25) is 0 Å². The van der Waals surface area contributed by atoms with Crippen LogP contribution in [0, 0.1) is 0 Å². The predicted molar refractivity (Wildman–Crippen MR) is 103 cm³/mol. The van der Waals surface area contributed by atoms with E-state index < -0.39 is 0 Å². The number of piperidine rings is 1. The minimum atomic E-state index is 0.181. The van der Waals surface area contributed by atoms with Crippen molar-refractivity contribution in [3.63, 3.8) is 0 Å². The summed E-state index contributed by atoms with van der Waals surface area (Å²) in [4.78, 5) is 18.9. The highest BCUT2D eigenvalue weighted by Crippen LogP contribution is 2.35. The highest BCUT2D eigenvalue weighted by Gasteiger charge is 2.31. The van der Waals surface area contributed by atoms with E-state index >= 15 is 0 Å². The molecular weight excluding hydrogens is 328 g/mol. The quantitative estimate of drug-likeness (QED) is 0.794. The molecule has 0 radical (unpaired) electrons. The van der Waals surface area contributed by atoms with Crippen molar-refractivity contribution in [3.8, 4) is 0 Å². The molecule has 0 aliphatic carbocycles. The Morgan fingerprint density at radius 2 is 1.80 bits per heavy atom. The molecule has 2 saturated heterocycles. The number of carbonyl (C=O) groups excluding carboxylic acids is 1. The van der Waals surface area contributed by atoms with Crippen molar-refractivity contribution in [2.24, 2.45) is 0 Å². The number of amides is 1. The summed E-state index contributed by atoms with van der Waals surface area (Å²) in [5.74, 6) is 0.181. The zero-order valence-electron chi connectivity index (χ0n) is 14.7. The van der Waals surface area contributed by atoms with Crippen LogP contribution in [0.4, 0.5) is 0 Å². The minimum absolute atomic E-state index is 0.181. The van der Waals surface area contributed by atoms with Crippen molar-refractivity contribution in [1.82, 2.24) is 9.80 Å². The van der Waals surface area contributed by atoms with Gasteiger partial charge in [0.15, 0.2) is 0 Å². The summed E-state index contributed by atoms with van der Waals surface area (Å²) in [6, 6.07) is 12.8. The molecule has 1 aromatic carbocycles. The van der Waals surface area contributed by atoms with E-state index in [9.17, 15) is 4.79 Å². The molecule has 1 aromatic heterocycles. The molecule has 3 nitrogen and oxygen atoms in total. The van der Waals surface area contributed by atoms with Crippen LogP contribution in [0.15, 0.2) is 41.8 Å². The van der Waals surface area contributed by atoms with Crippen LogP contribution >= 0.6 is 11.3 Å². The highest BCUT2D eigenvalue weighted by molar-refractivity contribution is 7.10. The van der Waals surface area contributed by atoms with Crippen molar-refractivity contribution in [2.75, 3.05) is 19.6 Å². The molecule has 4 rings (SSSR count). The fourth-order valence-corrected chi connectivity index (χ4v) is 4.95. The van der Waals surface area contributed by atoms with Gasteiger partial charge in [0, 0.05) is 23.5 Å². The van der Waals surface area contributed by atoms with Crippen LogP contribution in [0.5, 0.6) is 0 Å². The second-order valence-corrected chi connectivity index (χ2v) is 8.18. The molecule has 2 fully saturated rings. The Bertz CT molecular complexity index is 689. The molecule has 0 bridgehead atoms. The van der Waals surface area contributed by atoms with E-state index in [-0.39, 0.29) is 11.9 Å². The van der Waals surface area contributed by atoms with Gasteiger partial charge in [-0.15, -0.1) is 11.3 Å². The zero-order chi connectivity index (χ0) is 17.1. The Balaban J connectivity index is 1.43. The van der Waals surface area contributed by atoms with Gasteiger partial charge in [0.25, 0.3) is 5.91 Å². The third-order valence-electron chi connectivity index (χ3n) is 5.44. The SMILES string of the molecule is O=C(c1ccc(CN2CCCCC2)cc1)N1CCC[C@H]1c1cccs1. The summed E-state index contributed by atoms with van der Waals surface area (Å²) in [6.07, 6.45) is 6.18. The monoisotopic (exact) mass is 354 g/mol. The largest absolute Gasteiger partial charge is 0.331 e. The van der Waals surface area contributed by atoms with Crippen molar-refractivity contribution in [2.45, 2.75) is 44.7 Å². The summed E-state index contributed by atoms with van der Waals surface area (Å²) < 4.78 is 0. The van der Waals surface area contributed by atoms with Crippen LogP contribution in [-0.4, -0.2) is 35.3 Å². The normalized spacial score (nSPS) is 21.6. The Morgan fingerprint density at radius 3 is 2.52 bits per heavy atom. The molecule has 4 heteroatoms. The van der Waals surface area contributed by atoms with Gasteiger partial charge in [-0.1, -0.05) is 24.6 Å². The van der Waals surface area contributed by atoms with E-state index in [2.05, 4.69) is 39.4 Å². The van der Waals surface area contributed by atoms with Crippen molar-refractivity contribution in [1.29, 1.82) is 0 Å². The van der Waals surface area contributed by atoms with Gasteiger partial charge in [-0.05, 0) is 67.9 Å². The topological polar surface area (TPSA) is 23.6 Å². The maximum Gasteiger partial charge on any atom is 0.254 e. The van der Waals surface area contributed by atoms with Gasteiger partial charge in [0.05, 0.1) is 6.04 Å². The van der Waals surface area contributed by atoms with Gasteiger partial charge in [0.1, 0.15) is 0 Å². The van der Waals surface area contributed by atoms with E-state index in [1.165, 1.54) is 42.8 Å². The molecule has 1 atom stereocenters. The summed E-state index contributed by atoms with van der Waals surface area (Å²) in [6.45, 7) is 4.29. The molecule has 0 unspecified atom stereocenters. The Labute approximate surface area is 154 Å². The maximum atomic E-state index is 13.0. The Kier molecular flexibility index (Phi) is 5.18. The first-order valence-corrected chi connectivity index (χ1v) is 10.3. The number of hydrogen-bond acceptors (Lipinski definition) is 3. The smallest absolute Gasteiger partial charge is 0.254 e. The molecule has 1 amide bonds. The van der Waals surface area contributed by atoms with Crippen LogP contribution in [-0.2, 0) is 6.54 Å². The second-order valence-electron chi connectivity index (χ2n) is 7.21. The van der Waals surface area contributed by atoms with E-state index in [4.69, 9.17) is 0 Å². The van der Waals surface area contributed by atoms with E-state index in [0.717, 1.165) is 31.5 Å². The summed E-state index contributed by atoms with van der Waals surface area (Å²) >= 11 is 1.76. The number of likely N-dealkylation sites (tertiary alicyclic amines) is 2. The van der Waals surface area contributed by atoms with Gasteiger partial charge >= 0.3 is 0 Å². The number of carbonyl (C=O) groups is 1. The van der Waals surface area contributed by atoms with Crippen molar-refractivity contribution < 1.29 is 4.79 Å². The molecule has 0 saturated carbocycles. The lowest BCUT2D eigenvalue weighted by Gasteiger charge is -2.26. The molecule has 0 N–H and O–H groups in total. The van der Waals surface area contributed by atoms with Gasteiger partial charge in [-0.3, -0.25) is 9.69 Å². The molecule has 0 spiro atoms. The van der Waals surface area contributed by atoms with Gasteiger partial charge in [0.2, 0.25) is 0 Å². The average molecular weight is 355 g/mol. The first-order chi connectivity index (χ1) is 12.3. The molecule has 132 valence electrons. The second kappa shape index (κ2) is 7.71. The molecular formula is C21H26N2OS. The predicted octanol–water partition coefficient (Wildman–Crippen LogP) is 4.71. The third kappa shape index (κ3) is 3.80. The lowest BCUT2D eigenvalue weighted by molar-refractivity contribution is 0.0738. The lowest BCUT2D eigenvalue weighted by Crippen LogP contribution is -2.30. The molecule has 2 aliphatic heterocycles. The summed E-state index contributed by atoms with van der Waals surface area (Å²) in [7, 11) is 0. The Hall–Kier alpha value is -1.65. The standard InChI is InChI=1S/C21H26N2OS/c24-21(23-14-4-6-19(23)20-7-5-15-25-20)18-10-8-17(9-11-18)16-22-12-2-1-3-13-22/h5,7-11,15,19H,1-4,6,12-14,16H2/t19-/m0/s1. The van der Waals surface area contributed by atoms with Crippen LogP contribution in [0.1, 0.15) is 58.9 Å². The van der Waals surface area contributed by atoms with Gasteiger partial charge < -0.3 is 4.90 Å². The van der Waals surface area contributed by atoms with Crippen molar-refractivity contribution >= 4 is 17.2 Å². The fourth-order valence-electron chi connectivity index (χ4n) is 4.08. The Morgan fingerprint density at radius 1 is 1.00 bits per heavy atom. The third-order valence-corrected chi connectivity index (χ3v) is 6.41. The van der Waals surface area contributed by atoms with Gasteiger partial charge in [-0.2, -0.15) is 0 Å². The number of hydrogen-bond donors (Lipinski definition) is 0. The fraction of sp³-hybridized carbons (Fsp3) is 0.476. The zero-order valence-corrected chi connectivity index (χ0v) is 15.5. The average Bonchev–Trinajstić information content (AvgIpc) is 3.34. The molecule has 2 aromatic rings. The van der Waals surface area contributed by atoms with E-state index in [1.54, 1.807) is 11.3 Å². The minimum Gasteiger partial charge on any atom is -0.331 e. The first-order valence-electron chi connectivity index (χ1n) is 9.47. The van der Waals surface area contributed by atoms with Crippen LogP contribution in [0.25, 0.3) is 0 Å².